The van der Waals surface area contributed by atoms with Gasteiger partial charge in [-0.3, -0.25) is 9.59 Å². The molecule has 0 aromatic heterocycles. The first-order valence-electron chi connectivity index (χ1n) is 8.91. The summed E-state index contributed by atoms with van der Waals surface area (Å²) in [6, 6.07) is 16.8. The zero-order valence-electron chi connectivity index (χ0n) is 15.6. The Morgan fingerprint density at radius 1 is 1.19 bits per heavy atom. The van der Waals surface area contributed by atoms with Gasteiger partial charge >= 0.3 is 0 Å². The Labute approximate surface area is 164 Å². The Morgan fingerprint density at radius 3 is 2.52 bits per heavy atom. The SMILES string of the molecule is COc1ccc(N2C[C@H](CSC)[C@@H](CC(=O)Nc3ccccc3)C2=O)cc1. The van der Waals surface area contributed by atoms with Gasteiger partial charge in [-0.25, -0.2) is 0 Å². The number of nitrogens with one attached hydrogen (secondary N) is 1. The zero-order chi connectivity index (χ0) is 19.2. The topological polar surface area (TPSA) is 58.6 Å². The maximum Gasteiger partial charge on any atom is 0.231 e. The van der Waals surface area contributed by atoms with Crippen LogP contribution in [0.2, 0.25) is 0 Å². The van der Waals surface area contributed by atoms with E-state index in [1.807, 2.05) is 60.9 Å². The van der Waals surface area contributed by atoms with Crippen molar-refractivity contribution in [3.05, 3.63) is 54.6 Å². The van der Waals surface area contributed by atoms with Crippen molar-refractivity contribution in [3.63, 3.8) is 0 Å². The standard InChI is InChI=1S/C21H24N2O3S/c1-26-18-10-8-17(9-11-18)23-13-15(14-27-2)19(21(23)25)12-20(24)22-16-6-4-3-5-7-16/h3-11,15,19H,12-14H2,1-2H3,(H,22,24)/t15-,19-/m1/s1. The molecule has 5 nitrogen and oxygen atoms in total. The maximum absolute atomic E-state index is 13.0. The minimum atomic E-state index is -0.303. The van der Waals surface area contributed by atoms with Crippen molar-refractivity contribution < 1.29 is 14.3 Å². The fourth-order valence-corrected chi connectivity index (χ4v) is 4.18. The van der Waals surface area contributed by atoms with Gasteiger partial charge in [-0.1, -0.05) is 18.2 Å². The minimum Gasteiger partial charge on any atom is -0.497 e. The van der Waals surface area contributed by atoms with E-state index >= 15 is 0 Å². The first-order chi connectivity index (χ1) is 13.1. The van der Waals surface area contributed by atoms with Crippen LogP contribution in [-0.2, 0) is 9.59 Å². The van der Waals surface area contributed by atoms with E-state index in [0.717, 1.165) is 22.9 Å². The third kappa shape index (κ3) is 4.63. The van der Waals surface area contributed by atoms with E-state index < -0.39 is 0 Å². The van der Waals surface area contributed by atoms with Crippen LogP contribution in [0.25, 0.3) is 0 Å². The fraction of sp³-hybridized carbons (Fsp3) is 0.333. The Balaban J connectivity index is 1.72. The molecule has 0 radical (unpaired) electrons. The van der Waals surface area contributed by atoms with E-state index in [0.29, 0.717) is 6.54 Å². The number of carbonyl (C=O) groups excluding carboxylic acids is 2. The predicted molar refractivity (Wildman–Crippen MR) is 110 cm³/mol. The van der Waals surface area contributed by atoms with E-state index in [1.165, 1.54) is 0 Å². The molecule has 1 saturated heterocycles. The number of methoxy groups -OCH3 is 1. The highest BCUT2D eigenvalue weighted by atomic mass is 32.2. The lowest BCUT2D eigenvalue weighted by molar-refractivity contribution is -0.125. The number of nitrogens with zero attached hydrogens (tertiary/aromatic N) is 1. The molecule has 6 heteroatoms. The lowest BCUT2D eigenvalue weighted by Crippen LogP contribution is -2.29. The van der Waals surface area contributed by atoms with Gasteiger partial charge in [0, 0.05) is 24.3 Å². The summed E-state index contributed by atoms with van der Waals surface area (Å²) in [7, 11) is 1.62. The number of hydrogen-bond acceptors (Lipinski definition) is 4. The normalized spacial score (nSPS) is 19.2. The van der Waals surface area contributed by atoms with E-state index in [2.05, 4.69) is 5.32 Å². The Bertz CT molecular complexity index is 780. The van der Waals surface area contributed by atoms with Crippen molar-refractivity contribution in [1.29, 1.82) is 0 Å². The van der Waals surface area contributed by atoms with Gasteiger partial charge in [0.2, 0.25) is 11.8 Å². The summed E-state index contributed by atoms with van der Waals surface area (Å²) in [6.07, 6.45) is 2.23. The summed E-state index contributed by atoms with van der Waals surface area (Å²) < 4.78 is 5.19. The molecule has 142 valence electrons. The number of thioether (sulfide) groups is 1. The van der Waals surface area contributed by atoms with Crippen LogP contribution in [0.5, 0.6) is 5.75 Å². The summed E-state index contributed by atoms with van der Waals surface area (Å²) in [5.74, 6) is 1.34. The number of amides is 2. The Kier molecular flexibility index (Phi) is 6.40. The Morgan fingerprint density at radius 2 is 1.89 bits per heavy atom. The first kappa shape index (κ1) is 19.3. The van der Waals surface area contributed by atoms with Gasteiger partial charge in [-0.15, -0.1) is 0 Å². The van der Waals surface area contributed by atoms with Gasteiger partial charge in [0.05, 0.1) is 13.0 Å². The third-order valence-electron chi connectivity index (χ3n) is 4.80. The second-order valence-corrected chi connectivity index (χ2v) is 7.50. The molecule has 1 aliphatic rings. The lowest BCUT2D eigenvalue weighted by Gasteiger charge is -2.17. The molecule has 1 fully saturated rings. The fourth-order valence-electron chi connectivity index (χ4n) is 3.42. The number of carbonyl (C=O) groups is 2. The molecule has 2 aromatic carbocycles. The van der Waals surface area contributed by atoms with Crippen molar-refractivity contribution in [1.82, 2.24) is 0 Å². The highest BCUT2D eigenvalue weighted by Crippen LogP contribution is 2.34. The summed E-state index contributed by atoms with van der Waals surface area (Å²) in [5.41, 5.74) is 1.60. The van der Waals surface area contributed by atoms with Crippen LogP contribution >= 0.6 is 11.8 Å². The highest BCUT2D eigenvalue weighted by molar-refractivity contribution is 7.98. The second kappa shape index (κ2) is 8.95. The van der Waals surface area contributed by atoms with Gasteiger partial charge in [0.25, 0.3) is 0 Å². The van der Waals surface area contributed by atoms with Gasteiger partial charge in [-0.2, -0.15) is 11.8 Å². The smallest absolute Gasteiger partial charge is 0.231 e. The lowest BCUT2D eigenvalue weighted by atomic mass is 9.93. The van der Waals surface area contributed by atoms with Crippen molar-refractivity contribution in [2.24, 2.45) is 11.8 Å². The number of ether oxygens (including phenoxy) is 1. The number of rotatable bonds is 7. The quantitative estimate of drug-likeness (QED) is 0.791. The van der Waals surface area contributed by atoms with Crippen LogP contribution in [0.1, 0.15) is 6.42 Å². The molecule has 2 amide bonds. The Hall–Kier alpha value is -2.47. The van der Waals surface area contributed by atoms with Crippen molar-refractivity contribution in [2.45, 2.75) is 6.42 Å². The van der Waals surface area contributed by atoms with Crippen LogP contribution in [0, 0.1) is 11.8 Å². The minimum absolute atomic E-state index is 0.0161. The first-order valence-corrected chi connectivity index (χ1v) is 10.3. The number of hydrogen-bond donors (Lipinski definition) is 1. The molecular weight excluding hydrogens is 360 g/mol. The van der Waals surface area contributed by atoms with Gasteiger partial charge in [-0.05, 0) is 54.3 Å². The molecule has 0 spiro atoms. The summed E-state index contributed by atoms with van der Waals surface area (Å²) in [5, 5.41) is 2.89. The van der Waals surface area contributed by atoms with Crippen molar-refractivity contribution in [2.75, 3.05) is 35.9 Å². The second-order valence-electron chi connectivity index (χ2n) is 6.59. The number of para-hydroxylation sites is 1. The molecule has 0 unspecified atom stereocenters. The summed E-state index contributed by atoms with van der Waals surface area (Å²) in [4.78, 5) is 27.3. The largest absolute Gasteiger partial charge is 0.497 e. The molecule has 3 rings (SSSR count). The molecule has 0 saturated carbocycles. The molecule has 2 aromatic rings. The van der Waals surface area contributed by atoms with Gasteiger partial charge in [0.1, 0.15) is 5.75 Å². The molecule has 0 bridgehead atoms. The van der Waals surface area contributed by atoms with E-state index in [-0.39, 0.29) is 30.1 Å². The number of benzene rings is 2. The molecule has 2 atom stereocenters. The maximum atomic E-state index is 13.0. The molecule has 0 aliphatic carbocycles. The predicted octanol–water partition coefficient (Wildman–Crippen LogP) is 3.67. The summed E-state index contributed by atoms with van der Waals surface area (Å²) in [6.45, 7) is 0.634. The third-order valence-corrected chi connectivity index (χ3v) is 5.56. The average Bonchev–Trinajstić information content (AvgIpc) is 2.99. The van der Waals surface area contributed by atoms with Crippen LogP contribution in [0.15, 0.2) is 54.6 Å². The summed E-state index contributed by atoms with van der Waals surface area (Å²) >= 11 is 1.71. The zero-order valence-corrected chi connectivity index (χ0v) is 16.4. The molecule has 1 heterocycles. The molecule has 1 aliphatic heterocycles. The van der Waals surface area contributed by atoms with Crippen LogP contribution in [0.3, 0.4) is 0 Å². The molecule has 27 heavy (non-hydrogen) atoms. The molecular formula is C21H24N2O3S. The van der Waals surface area contributed by atoms with E-state index in [1.54, 1.807) is 23.8 Å². The average molecular weight is 385 g/mol. The monoisotopic (exact) mass is 384 g/mol. The van der Waals surface area contributed by atoms with Crippen molar-refractivity contribution >= 4 is 35.0 Å². The highest BCUT2D eigenvalue weighted by Gasteiger charge is 2.41. The van der Waals surface area contributed by atoms with E-state index in [4.69, 9.17) is 4.74 Å². The number of anilines is 2. The van der Waals surface area contributed by atoms with Crippen LogP contribution < -0.4 is 15.0 Å². The van der Waals surface area contributed by atoms with Crippen LogP contribution in [0.4, 0.5) is 11.4 Å². The van der Waals surface area contributed by atoms with Crippen molar-refractivity contribution in [3.8, 4) is 5.75 Å². The molecule has 1 N–H and O–H groups in total. The van der Waals surface area contributed by atoms with Gasteiger partial charge in [0.15, 0.2) is 0 Å². The van der Waals surface area contributed by atoms with Gasteiger partial charge < -0.3 is 15.0 Å². The van der Waals surface area contributed by atoms with Crippen LogP contribution in [-0.4, -0.2) is 37.5 Å². The van der Waals surface area contributed by atoms with E-state index in [9.17, 15) is 9.59 Å².